The van der Waals surface area contributed by atoms with Crippen LogP contribution in [-0.4, -0.2) is 32.1 Å². The first-order valence-corrected chi connectivity index (χ1v) is 10.3. The van der Waals surface area contributed by atoms with E-state index in [1.807, 2.05) is 12.1 Å². The van der Waals surface area contributed by atoms with Gasteiger partial charge >= 0.3 is 0 Å². The predicted molar refractivity (Wildman–Crippen MR) is 115 cm³/mol. The normalized spacial score (nSPS) is 14.6. The molecule has 29 heavy (non-hydrogen) atoms. The lowest BCUT2D eigenvalue weighted by atomic mass is 9.64. The zero-order valence-electron chi connectivity index (χ0n) is 16.0. The van der Waals surface area contributed by atoms with Gasteiger partial charge in [0.05, 0.1) is 12.1 Å². The summed E-state index contributed by atoms with van der Waals surface area (Å²) in [7, 11) is 1.43. The Balaban J connectivity index is 1.75. The van der Waals surface area contributed by atoms with Crippen molar-refractivity contribution in [2.75, 3.05) is 20.3 Å². The zero-order valence-corrected chi connectivity index (χ0v) is 18.3. The van der Waals surface area contributed by atoms with Crippen LogP contribution in [-0.2, 0) is 10.2 Å². The predicted octanol–water partition coefficient (Wildman–Crippen LogP) is 3.83. The summed E-state index contributed by atoms with van der Waals surface area (Å²) in [6.07, 6.45) is 3.18. The Morgan fingerprint density at radius 1 is 1.28 bits per heavy atom. The Morgan fingerprint density at radius 2 is 2.03 bits per heavy atom. The summed E-state index contributed by atoms with van der Waals surface area (Å²) in [5, 5.41) is 3.19. The second kappa shape index (κ2) is 9.05. The second-order valence-corrected chi connectivity index (χ2v) is 8.39. The van der Waals surface area contributed by atoms with Crippen LogP contribution in [0.1, 0.15) is 35.2 Å². The van der Waals surface area contributed by atoms with Crippen LogP contribution in [0.25, 0.3) is 0 Å². The van der Waals surface area contributed by atoms with Gasteiger partial charge in [0, 0.05) is 22.0 Å². The summed E-state index contributed by atoms with van der Waals surface area (Å²) in [6.45, 7) is 0.193. The average molecular weight is 482 g/mol. The molecule has 2 amide bonds. The van der Waals surface area contributed by atoms with E-state index < -0.39 is 5.91 Å². The third-order valence-corrected chi connectivity index (χ3v) is 5.96. The van der Waals surface area contributed by atoms with Gasteiger partial charge in [0.1, 0.15) is 0 Å². The highest BCUT2D eigenvalue weighted by molar-refractivity contribution is 9.10. The molecule has 1 fully saturated rings. The quantitative estimate of drug-likeness (QED) is 0.599. The number of methoxy groups -OCH3 is 1. The minimum atomic E-state index is -0.636. The number of carbonyl (C=O) groups is 2. The second-order valence-electron chi connectivity index (χ2n) is 7.07. The number of hydrogen-bond acceptors (Lipinski definition) is 4. The first-order valence-electron chi connectivity index (χ1n) is 9.17. The molecule has 0 aromatic heterocycles. The number of nitrogens with one attached hydrogen (secondary N) is 1. The van der Waals surface area contributed by atoms with Gasteiger partial charge in [-0.2, -0.15) is 0 Å². The Kier molecular flexibility index (Phi) is 6.70. The van der Waals surface area contributed by atoms with Crippen molar-refractivity contribution in [1.82, 2.24) is 5.32 Å². The van der Waals surface area contributed by atoms with Crippen LogP contribution in [0.15, 0.2) is 40.9 Å². The van der Waals surface area contributed by atoms with Crippen LogP contribution in [0.4, 0.5) is 0 Å². The standard InChI is InChI=1S/C21H22BrClN2O4/c1-28-17-9-13(8-16(23)19(17)29-11-18(24)26)20(27)25-12-21(6-3-7-21)14-4-2-5-15(22)10-14/h2,4-5,8-10H,3,6-7,11-12H2,1H3,(H2,24,26)(H,25,27). The molecule has 2 aromatic rings. The average Bonchev–Trinajstić information content (AvgIpc) is 2.65. The van der Waals surface area contributed by atoms with E-state index in [0.717, 1.165) is 23.7 Å². The van der Waals surface area contributed by atoms with Crippen molar-refractivity contribution in [3.63, 3.8) is 0 Å². The summed E-state index contributed by atoms with van der Waals surface area (Å²) >= 11 is 9.76. The maximum Gasteiger partial charge on any atom is 0.255 e. The van der Waals surface area contributed by atoms with Crippen LogP contribution in [0.5, 0.6) is 11.5 Å². The molecule has 1 aliphatic rings. The van der Waals surface area contributed by atoms with Crippen molar-refractivity contribution >= 4 is 39.3 Å². The topological polar surface area (TPSA) is 90.7 Å². The van der Waals surface area contributed by atoms with E-state index >= 15 is 0 Å². The van der Waals surface area contributed by atoms with Gasteiger partial charge in [0.2, 0.25) is 0 Å². The van der Waals surface area contributed by atoms with Crippen LogP contribution in [0.3, 0.4) is 0 Å². The molecule has 154 valence electrons. The van der Waals surface area contributed by atoms with Crippen molar-refractivity contribution in [2.45, 2.75) is 24.7 Å². The van der Waals surface area contributed by atoms with Gasteiger partial charge in [-0.25, -0.2) is 0 Å². The van der Waals surface area contributed by atoms with E-state index in [-0.39, 0.29) is 34.5 Å². The largest absolute Gasteiger partial charge is 0.493 e. The first-order chi connectivity index (χ1) is 13.8. The summed E-state index contributed by atoms with van der Waals surface area (Å²) in [6, 6.07) is 11.2. The van der Waals surface area contributed by atoms with E-state index in [1.54, 1.807) is 0 Å². The lowest BCUT2D eigenvalue weighted by molar-refractivity contribution is -0.119. The van der Waals surface area contributed by atoms with Crippen molar-refractivity contribution in [2.24, 2.45) is 5.73 Å². The van der Waals surface area contributed by atoms with Gasteiger partial charge in [0.25, 0.3) is 11.8 Å². The van der Waals surface area contributed by atoms with Gasteiger partial charge in [0.15, 0.2) is 18.1 Å². The lowest BCUT2D eigenvalue weighted by Gasteiger charge is -2.42. The molecule has 1 aliphatic carbocycles. The Bertz CT molecular complexity index is 931. The van der Waals surface area contributed by atoms with E-state index in [2.05, 4.69) is 33.4 Å². The molecule has 3 rings (SSSR count). The number of nitrogens with two attached hydrogens (primary N) is 1. The minimum absolute atomic E-state index is 0.0577. The van der Waals surface area contributed by atoms with Crippen LogP contribution in [0, 0.1) is 0 Å². The van der Waals surface area contributed by atoms with E-state index in [0.29, 0.717) is 12.1 Å². The van der Waals surface area contributed by atoms with Crippen LogP contribution >= 0.6 is 27.5 Å². The lowest BCUT2D eigenvalue weighted by Crippen LogP contribution is -2.45. The van der Waals surface area contributed by atoms with Crippen molar-refractivity contribution < 1.29 is 19.1 Å². The number of rotatable bonds is 8. The maximum atomic E-state index is 12.8. The molecule has 0 atom stereocenters. The summed E-state index contributed by atoms with van der Waals surface area (Å²) < 4.78 is 11.6. The fraction of sp³-hybridized carbons (Fsp3) is 0.333. The van der Waals surface area contributed by atoms with Gasteiger partial charge in [-0.1, -0.05) is 46.1 Å². The molecule has 0 spiro atoms. The Hall–Kier alpha value is -2.25. The number of benzene rings is 2. The number of ether oxygens (including phenoxy) is 2. The van der Waals surface area contributed by atoms with E-state index in [1.165, 1.54) is 24.8 Å². The number of amides is 2. The SMILES string of the molecule is COc1cc(C(=O)NCC2(c3cccc(Br)c3)CCC2)cc(Cl)c1OCC(N)=O. The molecule has 0 unspecified atom stereocenters. The maximum absolute atomic E-state index is 12.8. The van der Waals surface area contributed by atoms with Crippen LogP contribution < -0.4 is 20.5 Å². The van der Waals surface area contributed by atoms with Crippen molar-refractivity contribution in [1.29, 1.82) is 0 Å². The molecule has 0 heterocycles. The van der Waals surface area contributed by atoms with Crippen LogP contribution in [0.2, 0.25) is 5.02 Å². The van der Waals surface area contributed by atoms with E-state index in [4.69, 9.17) is 26.8 Å². The number of carbonyl (C=O) groups excluding carboxylic acids is 2. The number of hydrogen-bond donors (Lipinski definition) is 2. The molecular formula is C21H22BrClN2O4. The van der Waals surface area contributed by atoms with Crippen molar-refractivity contribution in [3.8, 4) is 11.5 Å². The summed E-state index contributed by atoms with van der Waals surface area (Å²) in [4.78, 5) is 23.7. The molecule has 6 nitrogen and oxygen atoms in total. The Labute approximate surface area is 182 Å². The molecule has 1 saturated carbocycles. The minimum Gasteiger partial charge on any atom is -0.493 e. The molecule has 8 heteroatoms. The smallest absolute Gasteiger partial charge is 0.255 e. The van der Waals surface area contributed by atoms with Gasteiger partial charge in [-0.15, -0.1) is 0 Å². The highest BCUT2D eigenvalue weighted by atomic mass is 79.9. The number of primary amides is 1. The van der Waals surface area contributed by atoms with Gasteiger partial charge in [-0.3, -0.25) is 9.59 Å². The molecule has 0 bridgehead atoms. The van der Waals surface area contributed by atoms with E-state index in [9.17, 15) is 9.59 Å². The van der Waals surface area contributed by atoms with Crippen molar-refractivity contribution in [3.05, 3.63) is 57.0 Å². The molecular weight excluding hydrogens is 460 g/mol. The summed E-state index contributed by atoms with van der Waals surface area (Å²) in [5.74, 6) is -0.459. The van der Waals surface area contributed by atoms with Gasteiger partial charge in [-0.05, 0) is 42.7 Å². The first kappa shape index (κ1) is 21.5. The summed E-state index contributed by atoms with van der Waals surface area (Å²) in [5.41, 5.74) is 6.60. The molecule has 0 radical (unpaired) electrons. The third kappa shape index (κ3) is 4.85. The number of halogens is 2. The monoisotopic (exact) mass is 480 g/mol. The molecule has 2 aromatic carbocycles. The highest BCUT2D eigenvalue weighted by Gasteiger charge is 2.39. The third-order valence-electron chi connectivity index (χ3n) is 5.19. The molecule has 0 saturated heterocycles. The molecule has 3 N–H and O–H groups in total. The van der Waals surface area contributed by atoms with Gasteiger partial charge < -0.3 is 20.5 Å². The zero-order chi connectivity index (χ0) is 21.0. The fourth-order valence-corrected chi connectivity index (χ4v) is 4.14. The molecule has 0 aliphatic heterocycles. The highest BCUT2D eigenvalue weighted by Crippen LogP contribution is 2.44. The Morgan fingerprint density at radius 3 is 2.62 bits per heavy atom. The fourth-order valence-electron chi connectivity index (χ4n) is 3.48.